The zero-order chi connectivity index (χ0) is 16.0. The minimum Gasteiger partial charge on any atom is -0.399 e. The van der Waals surface area contributed by atoms with Crippen molar-refractivity contribution < 1.29 is 0 Å². The van der Waals surface area contributed by atoms with E-state index in [0.717, 1.165) is 17.1 Å². The molecule has 0 heterocycles. The Bertz CT molecular complexity index is 480. The molecular formula is C18H28N2S2. The second-order valence-electron chi connectivity index (χ2n) is 6.55. The van der Waals surface area contributed by atoms with E-state index in [4.69, 9.17) is 18.0 Å². The van der Waals surface area contributed by atoms with Crippen LogP contribution >= 0.6 is 24.0 Å². The fraction of sp³-hybridized carbons (Fsp3) is 0.611. The molecule has 0 spiro atoms. The van der Waals surface area contributed by atoms with Gasteiger partial charge in [-0.05, 0) is 68.7 Å². The van der Waals surface area contributed by atoms with Gasteiger partial charge in [0.15, 0.2) is 0 Å². The summed E-state index contributed by atoms with van der Waals surface area (Å²) in [6.45, 7) is 2.22. The summed E-state index contributed by atoms with van der Waals surface area (Å²) in [5.41, 5.74) is 8.16. The number of nitrogen functional groups attached to an aromatic ring is 1. The molecule has 22 heavy (non-hydrogen) atoms. The van der Waals surface area contributed by atoms with Gasteiger partial charge < -0.3 is 11.1 Å². The van der Waals surface area contributed by atoms with Crippen LogP contribution in [-0.4, -0.2) is 23.0 Å². The third kappa shape index (κ3) is 4.63. The summed E-state index contributed by atoms with van der Waals surface area (Å²) in [5, 5.41) is 3.61. The highest BCUT2D eigenvalue weighted by Crippen LogP contribution is 2.46. The van der Waals surface area contributed by atoms with Gasteiger partial charge in [0.1, 0.15) is 0 Å². The lowest BCUT2D eigenvalue weighted by Gasteiger charge is -2.43. The van der Waals surface area contributed by atoms with Gasteiger partial charge in [-0.2, -0.15) is 11.8 Å². The molecule has 0 radical (unpaired) electrons. The highest BCUT2D eigenvalue weighted by Gasteiger charge is 2.40. The van der Waals surface area contributed by atoms with Gasteiger partial charge in [0, 0.05) is 17.1 Å². The fourth-order valence-electron chi connectivity index (χ4n) is 3.18. The van der Waals surface area contributed by atoms with Crippen molar-refractivity contribution >= 4 is 34.7 Å². The van der Waals surface area contributed by atoms with Gasteiger partial charge in [-0.15, -0.1) is 0 Å². The number of benzene rings is 1. The summed E-state index contributed by atoms with van der Waals surface area (Å²) in [6.07, 6.45) is 9.54. The molecule has 2 rings (SSSR count). The maximum absolute atomic E-state index is 5.76. The Morgan fingerprint density at radius 2 is 2.05 bits per heavy atom. The van der Waals surface area contributed by atoms with Crippen LogP contribution in [0.1, 0.15) is 44.6 Å². The monoisotopic (exact) mass is 336 g/mol. The van der Waals surface area contributed by atoms with Crippen LogP contribution in [0.3, 0.4) is 0 Å². The highest BCUT2D eigenvalue weighted by atomic mass is 32.2. The number of nitrogens with two attached hydrogens (primary N) is 1. The summed E-state index contributed by atoms with van der Waals surface area (Å²) in [4.78, 5) is 1.10. The number of thioether (sulfide) groups is 1. The molecule has 1 unspecified atom stereocenters. The first-order valence-corrected chi connectivity index (χ1v) is 10.0. The largest absolute Gasteiger partial charge is 0.399 e. The van der Waals surface area contributed by atoms with E-state index in [9.17, 15) is 0 Å². The fourth-order valence-corrected chi connectivity index (χ4v) is 4.12. The van der Waals surface area contributed by atoms with E-state index in [1.54, 1.807) is 0 Å². The molecule has 1 fully saturated rings. The molecule has 1 aromatic rings. The molecule has 3 N–H and O–H groups in total. The van der Waals surface area contributed by atoms with Gasteiger partial charge in [-0.3, -0.25) is 0 Å². The van der Waals surface area contributed by atoms with E-state index >= 15 is 0 Å². The van der Waals surface area contributed by atoms with Crippen LogP contribution in [0.4, 0.5) is 5.69 Å². The highest BCUT2D eigenvalue weighted by molar-refractivity contribution is 7.98. The SMILES string of the molecule is CSCCCC1(C(=S)NC(C)Cc2ccc(N)cc2)CCC1. The average molecular weight is 337 g/mol. The number of nitrogens with one attached hydrogen (secondary N) is 1. The Labute approximate surface area is 144 Å². The molecule has 0 aromatic heterocycles. The van der Waals surface area contributed by atoms with E-state index in [1.807, 2.05) is 23.9 Å². The van der Waals surface area contributed by atoms with Crippen LogP contribution in [-0.2, 0) is 6.42 Å². The van der Waals surface area contributed by atoms with E-state index in [1.165, 1.54) is 43.4 Å². The number of anilines is 1. The predicted molar refractivity (Wildman–Crippen MR) is 104 cm³/mol. The van der Waals surface area contributed by atoms with Gasteiger partial charge in [0.2, 0.25) is 0 Å². The van der Waals surface area contributed by atoms with E-state index < -0.39 is 0 Å². The summed E-state index contributed by atoms with van der Waals surface area (Å²) < 4.78 is 0. The Balaban J connectivity index is 1.85. The van der Waals surface area contributed by atoms with Crippen molar-refractivity contribution in [2.24, 2.45) is 5.41 Å². The second kappa shape index (κ2) is 8.21. The molecule has 1 aliphatic rings. The Kier molecular flexibility index (Phi) is 6.57. The average Bonchev–Trinajstić information content (AvgIpc) is 2.44. The van der Waals surface area contributed by atoms with E-state index in [0.29, 0.717) is 11.5 Å². The van der Waals surface area contributed by atoms with Crippen molar-refractivity contribution in [1.29, 1.82) is 0 Å². The minimum atomic E-state index is 0.292. The second-order valence-corrected chi connectivity index (χ2v) is 7.94. The van der Waals surface area contributed by atoms with Gasteiger partial charge in [-0.25, -0.2) is 0 Å². The molecule has 1 aromatic carbocycles. The quantitative estimate of drug-likeness (QED) is 0.418. The minimum absolute atomic E-state index is 0.292. The molecule has 4 heteroatoms. The molecule has 1 atom stereocenters. The first-order valence-electron chi connectivity index (χ1n) is 8.20. The number of hydrogen-bond donors (Lipinski definition) is 2. The molecule has 122 valence electrons. The van der Waals surface area contributed by atoms with Crippen molar-refractivity contribution in [3.8, 4) is 0 Å². The number of hydrogen-bond acceptors (Lipinski definition) is 3. The van der Waals surface area contributed by atoms with Crippen molar-refractivity contribution in [1.82, 2.24) is 5.32 Å². The van der Waals surface area contributed by atoms with E-state index in [2.05, 4.69) is 30.6 Å². The van der Waals surface area contributed by atoms with Crippen LogP contribution in [0.25, 0.3) is 0 Å². The molecule has 1 aliphatic carbocycles. The van der Waals surface area contributed by atoms with Crippen molar-refractivity contribution in [3.63, 3.8) is 0 Å². The lowest BCUT2D eigenvalue weighted by Crippen LogP contribution is -2.47. The van der Waals surface area contributed by atoms with Crippen LogP contribution in [0.5, 0.6) is 0 Å². The van der Waals surface area contributed by atoms with Crippen molar-refractivity contribution in [2.45, 2.75) is 51.5 Å². The molecular weight excluding hydrogens is 308 g/mol. The molecule has 2 nitrogen and oxygen atoms in total. The molecule has 0 bridgehead atoms. The lowest BCUT2D eigenvalue weighted by molar-refractivity contribution is 0.210. The molecule has 1 saturated carbocycles. The standard InChI is InChI=1S/C18H28N2S2/c1-14(13-15-5-7-16(19)8-6-15)20-17(21)18(9-3-10-18)11-4-12-22-2/h5-8,14H,3-4,9-13,19H2,1-2H3,(H,20,21). The van der Waals surface area contributed by atoms with Crippen molar-refractivity contribution in [3.05, 3.63) is 29.8 Å². The van der Waals surface area contributed by atoms with Crippen molar-refractivity contribution in [2.75, 3.05) is 17.7 Å². The van der Waals surface area contributed by atoms with E-state index in [-0.39, 0.29) is 0 Å². The van der Waals surface area contributed by atoms with Crippen LogP contribution in [0, 0.1) is 5.41 Å². The Morgan fingerprint density at radius 3 is 2.59 bits per heavy atom. The first kappa shape index (κ1) is 17.6. The van der Waals surface area contributed by atoms with Crippen LogP contribution in [0.15, 0.2) is 24.3 Å². The maximum Gasteiger partial charge on any atom is 0.0818 e. The van der Waals surface area contributed by atoms with Gasteiger partial charge in [0.05, 0.1) is 4.99 Å². The summed E-state index contributed by atoms with van der Waals surface area (Å²) >= 11 is 7.70. The topological polar surface area (TPSA) is 38.0 Å². The third-order valence-electron chi connectivity index (χ3n) is 4.70. The first-order chi connectivity index (χ1) is 10.6. The maximum atomic E-state index is 5.76. The van der Waals surface area contributed by atoms with Crippen LogP contribution in [0.2, 0.25) is 0 Å². The Hall–Kier alpha value is -0.740. The summed E-state index contributed by atoms with van der Waals surface area (Å²) in [7, 11) is 0. The lowest BCUT2D eigenvalue weighted by atomic mass is 9.66. The van der Waals surface area contributed by atoms with Crippen LogP contribution < -0.4 is 11.1 Å². The van der Waals surface area contributed by atoms with Gasteiger partial charge in [-0.1, -0.05) is 30.8 Å². The zero-order valence-corrected chi connectivity index (χ0v) is 15.4. The van der Waals surface area contributed by atoms with Gasteiger partial charge >= 0.3 is 0 Å². The Morgan fingerprint density at radius 1 is 1.36 bits per heavy atom. The van der Waals surface area contributed by atoms with Gasteiger partial charge in [0.25, 0.3) is 0 Å². The molecule has 0 saturated heterocycles. The normalized spacial score (nSPS) is 17.5. The predicted octanol–water partition coefficient (Wildman–Crippen LogP) is 4.43. The zero-order valence-electron chi connectivity index (χ0n) is 13.7. The smallest absolute Gasteiger partial charge is 0.0818 e. The number of thiocarbonyl (C=S) groups is 1. The molecule has 0 aliphatic heterocycles. The molecule has 0 amide bonds. The summed E-state index contributed by atoms with van der Waals surface area (Å²) in [6, 6.07) is 8.52. The third-order valence-corrected chi connectivity index (χ3v) is 5.94. The number of rotatable bonds is 8. The summed E-state index contributed by atoms with van der Waals surface area (Å²) in [5.74, 6) is 1.24.